The number of rotatable bonds is 3. The van der Waals surface area contributed by atoms with Crippen LogP contribution in [0.5, 0.6) is 11.5 Å². The van der Waals surface area contributed by atoms with Crippen LogP contribution in [0.1, 0.15) is 5.82 Å². The first-order chi connectivity index (χ1) is 13.6. The maximum atomic E-state index is 14.8. The number of hydrogen-bond acceptors (Lipinski definition) is 5. The Morgan fingerprint density at radius 3 is 2.68 bits per heavy atom. The van der Waals surface area contributed by atoms with Gasteiger partial charge in [-0.05, 0) is 31.2 Å². The Morgan fingerprint density at radius 2 is 1.86 bits per heavy atom. The Kier molecular flexibility index (Phi) is 3.73. The third-order valence-corrected chi connectivity index (χ3v) is 4.68. The molecule has 7 nitrogen and oxygen atoms in total. The third kappa shape index (κ3) is 2.66. The average molecular weight is 395 g/mol. The molecule has 3 aromatic heterocycles. The van der Waals surface area contributed by atoms with Gasteiger partial charge >= 0.3 is 0 Å². The number of benzene rings is 2. The second-order valence-corrected chi connectivity index (χ2v) is 6.56. The first-order valence-corrected chi connectivity index (χ1v) is 8.75. The Hall–Kier alpha value is -3.52. The van der Waals surface area contributed by atoms with Gasteiger partial charge in [0.2, 0.25) is 0 Å². The SMILES string of the molecule is Cc1nc2ccc(Oc3ccc4ncc(-c5cn[nH]c5)nc4c3Cl)c(F)c2[nH]1. The molecule has 5 aromatic rings. The highest BCUT2D eigenvalue weighted by atomic mass is 35.5. The van der Waals surface area contributed by atoms with Gasteiger partial charge in [-0.2, -0.15) is 5.10 Å². The van der Waals surface area contributed by atoms with Gasteiger partial charge in [-0.25, -0.2) is 14.4 Å². The predicted molar refractivity (Wildman–Crippen MR) is 103 cm³/mol. The number of imidazole rings is 1. The molecule has 5 rings (SSSR count). The van der Waals surface area contributed by atoms with Crippen molar-refractivity contribution in [3.05, 3.63) is 59.5 Å². The van der Waals surface area contributed by atoms with Crippen molar-refractivity contribution in [1.29, 1.82) is 0 Å². The molecule has 28 heavy (non-hydrogen) atoms. The van der Waals surface area contributed by atoms with Crippen molar-refractivity contribution in [3.8, 4) is 22.8 Å². The predicted octanol–water partition coefficient (Wildman–Crippen LogP) is 4.79. The summed E-state index contributed by atoms with van der Waals surface area (Å²) in [4.78, 5) is 16.0. The zero-order chi connectivity index (χ0) is 19.3. The summed E-state index contributed by atoms with van der Waals surface area (Å²) in [5.41, 5.74) is 3.27. The van der Waals surface area contributed by atoms with E-state index < -0.39 is 5.82 Å². The van der Waals surface area contributed by atoms with Crippen LogP contribution in [0, 0.1) is 12.7 Å². The molecule has 0 bridgehead atoms. The maximum Gasteiger partial charge on any atom is 0.191 e. The molecule has 0 spiro atoms. The van der Waals surface area contributed by atoms with Crippen LogP contribution in [0.15, 0.2) is 42.9 Å². The fraction of sp³-hybridized carbons (Fsp3) is 0.0526. The summed E-state index contributed by atoms with van der Waals surface area (Å²) < 4.78 is 20.5. The Bertz CT molecular complexity index is 1330. The van der Waals surface area contributed by atoms with Gasteiger partial charge in [0, 0.05) is 11.8 Å². The van der Waals surface area contributed by atoms with Crippen molar-refractivity contribution in [3.63, 3.8) is 0 Å². The van der Waals surface area contributed by atoms with Gasteiger partial charge in [0.05, 0.1) is 29.1 Å². The summed E-state index contributed by atoms with van der Waals surface area (Å²) in [5.74, 6) is 0.406. The van der Waals surface area contributed by atoms with E-state index in [-0.39, 0.29) is 22.0 Å². The van der Waals surface area contributed by atoms with Gasteiger partial charge in [-0.1, -0.05) is 11.6 Å². The van der Waals surface area contributed by atoms with E-state index in [9.17, 15) is 4.39 Å². The first-order valence-electron chi connectivity index (χ1n) is 8.37. The van der Waals surface area contributed by atoms with Crippen LogP contribution in [0.25, 0.3) is 33.3 Å². The van der Waals surface area contributed by atoms with E-state index in [1.165, 1.54) is 6.07 Å². The number of nitrogens with zero attached hydrogens (tertiary/aromatic N) is 4. The molecule has 0 amide bonds. The Labute approximate surface area is 162 Å². The molecule has 138 valence electrons. The third-order valence-electron chi connectivity index (χ3n) is 4.31. The molecule has 0 aliphatic heterocycles. The lowest BCUT2D eigenvalue weighted by atomic mass is 10.2. The summed E-state index contributed by atoms with van der Waals surface area (Å²) in [6.45, 7) is 1.76. The summed E-state index contributed by atoms with van der Waals surface area (Å²) in [6.07, 6.45) is 4.99. The second kappa shape index (κ2) is 6.28. The molecule has 0 unspecified atom stereocenters. The molecule has 0 aliphatic rings. The van der Waals surface area contributed by atoms with Crippen molar-refractivity contribution in [2.24, 2.45) is 0 Å². The molecule has 0 radical (unpaired) electrons. The van der Waals surface area contributed by atoms with Crippen LogP contribution >= 0.6 is 11.6 Å². The van der Waals surface area contributed by atoms with E-state index in [4.69, 9.17) is 16.3 Å². The fourth-order valence-electron chi connectivity index (χ4n) is 2.98. The highest BCUT2D eigenvalue weighted by molar-refractivity contribution is 6.36. The van der Waals surface area contributed by atoms with E-state index in [0.29, 0.717) is 28.1 Å². The smallest absolute Gasteiger partial charge is 0.191 e. The van der Waals surface area contributed by atoms with Crippen molar-refractivity contribution < 1.29 is 9.13 Å². The second-order valence-electron chi connectivity index (χ2n) is 6.18. The minimum atomic E-state index is -0.535. The fourth-order valence-corrected chi connectivity index (χ4v) is 3.22. The van der Waals surface area contributed by atoms with Gasteiger partial charge in [0.25, 0.3) is 0 Å². The first kappa shape index (κ1) is 16.6. The number of H-pyrrole nitrogens is 2. The zero-order valence-electron chi connectivity index (χ0n) is 14.5. The van der Waals surface area contributed by atoms with Crippen molar-refractivity contribution in [2.45, 2.75) is 6.92 Å². The Morgan fingerprint density at radius 1 is 1.04 bits per heavy atom. The van der Waals surface area contributed by atoms with Crippen molar-refractivity contribution in [2.75, 3.05) is 0 Å². The number of aryl methyl sites for hydroxylation is 1. The molecule has 2 N–H and O–H groups in total. The molecule has 0 fully saturated rings. The van der Waals surface area contributed by atoms with Crippen molar-refractivity contribution in [1.82, 2.24) is 30.1 Å². The van der Waals surface area contributed by atoms with Crippen molar-refractivity contribution >= 4 is 33.7 Å². The average Bonchev–Trinajstić information content (AvgIpc) is 3.35. The molecule has 2 aromatic carbocycles. The number of hydrogen-bond donors (Lipinski definition) is 2. The summed E-state index contributed by atoms with van der Waals surface area (Å²) >= 11 is 6.51. The molecular formula is C19H12ClFN6O. The minimum absolute atomic E-state index is 0.0383. The number of fused-ring (bicyclic) bond motifs is 2. The molecule has 0 atom stereocenters. The molecule has 0 aliphatic carbocycles. The molecular weight excluding hydrogens is 383 g/mol. The quantitative estimate of drug-likeness (QED) is 0.459. The lowest BCUT2D eigenvalue weighted by Gasteiger charge is -2.10. The van der Waals surface area contributed by atoms with E-state index in [1.54, 1.807) is 43.7 Å². The topological polar surface area (TPSA) is 92.4 Å². The van der Waals surface area contributed by atoms with Crippen LogP contribution in [-0.2, 0) is 0 Å². The Balaban J connectivity index is 1.59. The monoisotopic (exact) mass is 394 g/mol. The largest absolute Gasteiger partial charge is 0.453 e. The van der Waals surface area contributed by atoms with Crippen LogP contribution in [0.4, 0.5) is 4.39 Å². The van der Waals surface area contributed by atoms with Gasteiger partial charge in [0.1, 0.15) is 27.6 Å². The lowest BCUT2D eigenvalue weighted by molar-refractivity contribution is 0.446. The van der Waals surface area contributed by atoms with E-state index in [1.807, 2.05) is 0 Å². The highest BCUT2D eigenvalue weighted by Gasteiger charge is 2.16. The highest BCUT2D eigenvalue weighted by Crippen LogP contribution is 2.36. The van der Waals surface area contributed by atoms with Gasteiger partial charge in [-0.15, -0.1) is 0 Å². The van der Waals surface area contributed by atoms with E-state index in [2.05, 4.69) is 30.1 Å². The van der Waals surface area contributed by atoms with E-state index >= 15 is 0 Å². The number of halogens is 2. The normalized spacial score (nSPS) is 11.4. The summed E-state index contributed by atoms with van der Waals surface area (Å²) in [6, 6.07) is 6.56. The molecule has 9 heteroatoms. The number of ether oxygens (including phenoxy) is 1. The summed E-state index contributed by atoms with van der Waals surface area (Å²) in [5, 5.41) is 6.89. The molecule has 3 heterocycles. The van der Waals surface area contributed by atoms with Crippen LogP contribution in [0.3, 0.4) is 0 Å². The van der Waals surface area contributed by atoms with Gasteiger partial charge in [0.15, 0.2) is 11.6 Å². The van der Waals surface area contributed by atoms with Crippen LogP contribution < -0.4 is 4.74 Å². The maximum absolute atomic E-state index is 14.8. The van der Waals surface area contributed by atoms with Gasteiger partial charge < -0.3 is 9.72 Å². The molecule has 0 saturated heterocycles. The number of aromatic amines is 2. The number of nitrogens with one attached hydrogen (secondary N) is 2. The van der Waals surface area contributed by atoms with E-state index in [0.717, 1.165) is 5.56 Å². The minimum Gasteiger partial charge on any atom is -0.453 e. The lowest BCUT2D eigenvalue weighted by Crippen LogP contribution is -1.94. The number of aromatic nitrogens is 6. The van der Waals surface area contributed by atoms with Gasteiger partial charge in [-0.3, -0.25) is 10.1 Å². The standard InChI is InChI=1S/C19H12ClFN6O/c1-9-25-12-3-5-15(17(21)19(12)26-9)28-14-4-2-11-18(16(14)20)27-13(8-22-11)10-6-23-24-7-10/h2-8H,1H3,(H,23,24)(H,25,26). The summed E-state index contributed by atoms with van der Waals surface area (Å²) in [7, 11) is 0. The molecule has 0 saturated carbocycles. The van der Waals surface area contributed by atoms with Crippen LogP contribution in [-0.4, -0.2) is 30.1 Å². The van der Waals surface area contributed by atoms with Crippen LogP contribution in [0.2, 0.25) is 5.02 Å². The zero-order valence-corrected chi connectivity index (χ0v) is 15.3.